The fraction of sp³-hybridized carbons (Fsp3) is 0.857. The maximum atomic E-state index is 11.8. The third-order valence-electron chi connectivity index (χ3n) is 2.62. The van der Waals surface area contributed by atoms with Gasteiger partial charge in [-0.3, -0.25) is 9.59 Å². The predicted octanol–water partition coefficient (Wildman–Crippen LogP) is 3.69. The number of ketones is 1. The lowest BCUT2D eigenvalue weighted by atomic mass is 9.82. The second-order valence-electron chi connectivity index (χ2n) is 5.71. The Morgan fingerprint density at radius 1 is 1.19 bits per heavy atom. The third-order valence-corrected chi connectivity index (χ3v) is 2.62. The van der Waals surface area contributed by atoms with Gasteiger partial charge in [0.2, 0.25) is 6.29 Å². The quantitative estimate of drug-likeness (QED) is 0.466. The summed E-state index contributed by atoms with van der Waals surface area (Å²) in [5, 5.41) is 0. The second-order valence-corrected chi connectivity index (χ2v) is 5.71. The fourth-order valence-corrected chi connectivity index (χ4v) is 1.73. The van der Waals surface area contributed by atoms with Crippen molar-refractivity contribution < 1.29 is 9.59 Å². The number of carbonyl (C=O) groups is 1. The number of hydrogen-bond acceptors (Lipinski definition) is 2. The Balaban J connectivity index is 3.97. The van der Waals surface area contributed by atoms with Crippen molar-refractivity contribution in [1.82, 2.24) is 0 Å². The largest absolute Gasteiger partial charge is 0.299 e. The summed E-state index contributed by atoms with van der Waals surface area (Å²) in [7, 11) is 0. The lowest BCUT2D eigenvalue weighted by molar-refractivity contribution is -0.121. The monoisotopic (exact) mass is 225 g/mol. The van der Waals surface area contributed by atoms with Crippen molar-refractivity contribution in [2.75, 3.05) is 0 Å². The molecular formula is C14H25O2. The van der Waals surface area contributed by atoms with Crippen molar-refractivity contribution in [3.05, 3.63) is 0 Å². The molecule has 0 rings (SSSR count). The Bertz CT molecular complexity index is 213. The Morgan fingerprint density at radius 3 is 2.25 bits per heavy atom. The van der Waals surface area contributed by atoms with E-state index < -0.39 is 5.92 Å². The highest BCUT2D eigenvalue weighted by molar-refractivity contribution is 5.93. The highest BCUT2D eigenvalue weighted by Gasteiger charge is 2.24. The minimum Gasteiger partial charge on any atom is -0.299 e. The molecule has 0 N–H and O–H groups in total. The van der Waals surface area contributed by atoms with E-state index in [1.54, 1.807) is 0 Å². The molecule has 93 valence electrons. The molecule has 16 heavy (non-hydrogen) atoms. The van der Waals surface area contributed by atoms with Crippen molar-refractivity contribution in [1.29, 1.82) is 0 Å². The summed E-state index contributed by atoms with van der Waals surface area (Å²) in [4.78, 5) is 22.5. The summed E-state index contributed by atoms with van der Waals surface area (Å²) in [6, 6.07) is 0. The zero-order chi connectivity index (χ0) is 12.6. The first kappa shape index (κ1) is 15.3. The zero-order valence-corrected chi connectivity index (χ0v) is 11.1. The van der Waals surface area contributed by atoms with E-state index in [0.29, 0.717) is 12.8 Å². The molecule has 0 aliphatic carbocycles. The van der Waals surface area contributed by atoms with Crippen LogP contribution in [0.3, 0.4) is 0 Å². The topological polar surface area (TPSA) is 34.1 Å². The van der Waals surface area contributed by atoms with Crippen molar-refractivity contribution in [2.24, 2.45) is 11.3 Å². The van der Waals surface area contributed by atoms with Crippen LogP contribution in [0.4, 0.5) is 0 Å². The number of rotatable bonds is 8. The smallest absolute Gasteiger partial charge is 0.209 e. The summed E-state index contributed by atoms with van der Waals surface area (Å²) < 4.78 is 0. The molecule has 0 spiro atoms. The summed E-state index contributed by atoms with van der Waals surface area (Å²) in [5.74, 6) is -0.442. The average molecular weight is 225 g/mol. The lowest BCUT2D eigenvalue weighted by Crippen LogP contribution is -2.22. The van der Waals surface area contributed by atoms with Crippen LogP contribution in [-0.4, -0.2) is 12.1 Å². The number of hydrogen-bond donors (Lipinski definition) is 0. The van der Waals surface area contributed by atoms with Gasteiger partial charge in [0.25, 0.3) is 0 Å². The van der Waals surface area contributed by atoms with Gasteiger partial charge in [-0.25, -0.2) is 0 Å². The molecule has 0 saturated heterocycles. The van der Waals surface area contributed by atoms with Crippen LogP contribution >= 0.6 is 0 Å². The van der Waals surface area contributed by atoms with Crippen molar-refractivity contribution >= 4 is 12.1 Å². The van der Waals surface area contributed by atoms with Gasteiger partial charge in [0.1, 0.15) is 5.78 Å². The zero-order valence-electron chi connectivity index (χ0n) is 11.1. The molecule has 0 aliphatic rings. The van der Waals surface area contributed by atoms with Crippen LogP contribution in [0.5, 0.6) is 0 Å². The van der Waals surface area contributed by atoms with E-state index in [9.17, 15) is 9.59 Å². The normalized spacial score (nSPS) is 13.5. The van der Waals surface area contributed by atoms with Gasteiger partial charge in [-0.05, 0) is 18.3 Å². The predicted molar refractivity (Wildman–Crippen MR) is 67.0 cm³/mol. The van der Waals surface area contributed by atoms with Crippen LogP contribution in [0.2, 0.25) is 0 Å². The first-order valence-electron chi connectivity index (χ1n) is 6.31. The maximum absolute atomic E-state index is 11.8. The third kappa shape index (κ3) is 7.61. The molecule has 1 atom stereocenters. The first-order valence-corrected chi connectivity index (χ1v) is 6.31. The number of carbonyl (C=O) groups excluding carboxylic acids is 2. The van der Waals surface area contributed by atoms with Gasteiger partial charge in [-0.2, -0.15) is 0 Å². The highest BCUT2D eigenvalue weighted by atomic mass is 16.1. The molecule has 1 radical (unpaired) electrons. The molecule has 2 heteroatoms. The standard InChI is InChI=1S/C14H25O2/c1-5-6-7-8-9-13(16)12(11-15)10-14(2,3)4/h12H,5-10H2,1-4H3. The van der Waals surface area contributed by atoms with E-state index >= 15 is 0 Å². The van der Waals surface area contributed by atoms with Gasteiger partial charge in [0.15, 0.2) is 0 Å². The highest BCUT2D eigenvalue weighted by Crippen LogP contribution is 2.25. The van der Waals surface area contributed by atoms with Gasteiger partial charge in [-0.15, -0.1) is 0 Å². The van der Waals surface area contributed by atoms with Gasteiger partial charge in [-0.1, -0.05) is 47.0 Å². The van der Waals surface area contributed by atoms with Crippen molar-refractivity contribution in [2.45, 2.75) is 66.2 Å². The van der Waals surface area contributed by atoms with Crippen LogP contribution < -0.4 is 0 Å². The fourth-order valence-electron chi connectivity index (χ4n) is 1.73. The maximum Gasteiger partial charge on any atom is 0.209 e. The molecule has 0 fully saturated rings. The van der Waals surface area contributed by atoms with Crippen molar-refractivity contribution in [3.63, 3.8) is 0 Å². The van der Waals surface area contributed by atoms with Crippen LogP contribution in [0.1, 0.15) is 66.2 Å². The van der Waals surface area contributed by atoms with E-state index in [1.807, 2.05) is 27.1 Å². The van der Waals surface area contributed by atoms with E-state index in [4.69, 9.17) is 0 Å². The first-order chi connectivity index (χ1) is 7.40. The molecular weight excluding hydrogens is 200 g/mol. The van der Waals surface area contributed by atoms with Crippen LogP contribution in [0.25, 0.3) is 0 Å². The second kappa shape index (κ2) is 7.59. The van der Waals surface area contributed by atoms with Gasteiger partial charge >= 0.3 is 0 Å². The van der Waals surface area contributed by atoms with Crippen LogP contribution in [-0.2, 0) is 9.59 Å². The summed E-state index contributed by atoms with van der Waals surface area (Å²) >= 11 is 0. The minimum absolute atomic E-state index is 0.0150. The Kier molecular flexibility index (Phi) is 7.27. The molecule has 0 aromatic heterocycles. The molecule has 0 aliphatic heterocycles. The van der Waals surface area contributed by atoms with Gasteiger partial charge in [0, 0.05) is 6.42 Å². The van der Waals surface area contributed by atoms with E-state index in [-0.39, 0.29) is 11.2 Å². The molecule has 1 unspecified atom stereocenters. The molecule has 0 bridgehead atoms. The average Bonchev–Trinajstić information content (AvgIpc) is 2.19. The number of unbranched alkanes of at least 4 members (excludes halogenated alkanes) is 3. The summed E-state index contributed by atoms with van der Waals surface area (Å²) in [6.45, 7) is 8.27. The Labute approximate surface area is 99.8 Å². The van der Waals surface area contributed by atoms with E-state index in [0.717, 1.165) is 12.8 Å². The molecule has 0 heterocycles. The van der Waals surface area contributed by atoms with Crippen LogP contribution in [0.15, 0.2) is 0 Å². The van der Waals surface area contributed by atoms with Gasteiger partial charge < -0.3 is 0 Å². The van der Waals surface area contributed by atoms with E-state index in [2.05, 4.69) is 6.92 Å². The summed E-state index contributed by atoms with van der Waals surface area (Å²) in [5.41, 5.74) is 0.0150. The molecule has 0 aromatic carbocycles. The lowest BCUT2D eigenvalue weighted by Gasteiger charge is -2.21. The van der Waals surface area contributed by atoms with E-state index in [1.165, 1.54) is 12.8 Å². The Hall–Kier alpha value is -0.660. The van der Waals surface area contributed by atoms with Crippen LogP contribution in [0, 0.1) is 11.3 Å². The van der Waals surface area contributed by atoms with Crippen molar-refractivity contribution in [3.8, 4) is 0 Å². The van der Waals surface area contributed by atoms with Gasteiger partial charge in [0.05, 0.1) is 5.92 Å². The molecule has 0 amide bonds. The number of Topliss-reactive ketones (excluding diaryl/α,β-unsaturated/α-hetero) is 1. The molecule has 0 saturated carbocycles. The minimum atomic E-state index is -0.512. The Morgan fingerprint density at radius 2 is 1.81 bits per heavy atom. The SMILES string of the molecule is CCCCCCC(=O)C([C]=O)CC(C)(C)C. The summed E-state index contributed by atoms with van der Waals surface area (Å²) in [6.07, 6.45) is 7.38. The molecule has 0 aromatic rings. The molecule has 2 nitrogen and oxygen atoms in total.